The van der Waals surface area contributed by atoms with Crippen molar-refractivity contribution in [1.29, 1.82) is 0 Å². The van der Waals surface area contributed by atoms with Crippen LogP contribution in [-0.4, -0.2) is 42.0 Å². The fourth-order valence-corrected chi connectivity index (χ4v) is 2.90. The van der Waals surface area contributed by atoms with Crippen molar-refractivity contribution in [3.8, 4) is 0 Å². The van der Waals surface area contributed by atoms with E-state index in [0.717, 1.165) is 26.2 Å². The van der Waals surface area contributed by atoms with Gasteiger partial charge in [-0.25, -0.2) is 0 Å². The van der Waals surface area contributed by atoms with Gasteiger partial charge in [-0.3, -0.25) is 9.78 Å². The number of benzene rings is 1. The average molecular weight is 332 g/mol. The summed E-state index contributed by atoms with van der Waals surface area (Å²) in [5.74, 6) is 0.0775. The molecule has 0 N–H and O–H groups in total. The van der Waals surface area contributed by atoms with Crippen LogP contribution in [0.4, 0.5) is 5.69 Å². The molecule has 1 saturated heterocycles. The van der Waals surface area contributed by atoms with Crippen LogP contribution in [0.15, 0.2) is 42.7 Å². The van der Waals surface area contributed by atoms with E-state index in [1.54, 1.807) is 18.5 Å². The van der Waals surface area contributed by atoms with Crippen LogP contribution in [0.5, 0.6) is 0 Å². The summed E-state index contributed by atoms with van der Waals surface area (Å²) in [5, 5.41) is 0. The number of rotatable bonds is 2. The second-order valence-corrected chi connectivity index (χ2v) is 5.74. The average Bonchev–Trinajstić information content (AvgIpc) is 2.58. The third-order valence-corrected chi connectivity index (χ3v) is 4.39. The Hall–Kier alpha value is -2.07. The number of aryl methyl sites for hydroxylation is 1. The number of piperazine rings is 1. The summed E-state index contributed by atoms with van der Waals surface area (Å²) in [6.07, 6.45) is 3.33. The zero-order chi connectivity index (χ0) is 15.5. The number of pyridine rings is 1. The van der Waals surface area contributed by atoms with E-state index >= 15 is 0 Å². The van der Waals surface area contributed by atoms with Crippen LogP contribution in [0.3, 0.4) is 0 Å². The molecule has 0 radical (unpaired) electrons. The first kappa shape index (κ1) is 17.3. The molecule has 0 bridgehead atoms. The predicted molar refractivity (Wildman–Crippen MR) is 95.5 cm³/mol. The molecule has 0 saturated carbocycles. The molecule has 1 aliphatic rings. The van der Waals surface area contributed by atoms with Gasteiger partial charge in [0.15, 0.2) is 0 Å². The van der Waals surface area contributed by atoms with Crippen LogP contribution in [0, 0.1) is 13.8 Å². The minimum Gasteiger partial charge on any atom is -0.368 e. The molecule has 1 aliphatic heterocycles. The Bertz CT molecular complexity index is 667. The van der Waals surface area contributed by atoms with Crippen LogP contribution in [0.2, 0.25) is 0 Å². The number of nitrogens with zero attached hydrogens (tertiary/aromatic N) is 3. The Morgan fingerprint density at radius 3 is 2.43 bits per heavy atom. The molecule has 2 aromatic rings. The van der Waals surface area contributed by atoms with Crippen molar-refractivity contribution in [2.24, 2.45) is 0 Å². The molecule has 5 heteroatoms. The number of amides is 1. The van der Waals surface area contributed by atoms with Gasteiger partial charge in [-0.1, -0.05) is 12.1 Å². The zero-order valence-corrected chi connectivity index (χ0v) is 14.3. The van der Waals surface area contributed by atoms with Crippen molar-refractivity contribution in [2.45, 2.75) is 13.8 Å². The highest BCUT2D eigenvalue weighted by atomic mass is 35.5. The van der Waals surface area contributed by atoms with E-state index in [1.165, 1.54) is 16.8 Å². The normalized spacial score (nSPS) is 14.3. The molecule has 3 rings (SSSR count). The fourth-order valence-electron chi connectivity index (χ4n) is 2.90. The van der Waals surface area contributed by atoms with Gasteiger partial charge < -0.3 is 9.80 Å². The quantitative estimate of drug-likeness (QED) is 0.848. The first-order valence-corrected chi connectivity index (χ1v) is 7.67. The molecule has 0 unspecified atom stereocenters. The van der Waals surface area contributed by atoms with Crippen LogP contribution in [-0.2, 0) is 0 Å². The SMILES string of the molecule is Cc1cccc(N2CCN(C(=O)c3cccnc3)CC2)c1C.Cl. The highest BCUT2D eigenvalue weighted by Crippen LogP contribution is 2.24. The van der Waals surface area contributed by atoms with Crippen molar-refractivity contribution < 1.29 is 4.79 Å². The van der Waals surface area contributed by atoms with Gasteiger partial charge in [0.25, 0.3) is 5.91 Å². The number of aromatic nitrogens is 1. The Balaban J connectivity index is 0.00000192. The molecule has 2 heterocycles. The highest BCUT2D eigenvalue weighted by Gasteiger charge is 2.23. The lowest BCUT2D eigenvalue weighted by Gasteiger charge is -2.37. The highest BCUT2D eigenvalue weighted by molar-refractivity contribution is 5.94. The molecule has 0 atom stereocenters. The van der Waals surface area contributed by atoms with Gasteiger partial charge in [-0.05, 0) is 43.2 Å². The molecule has 0 spiro atoms. The van der Waals surface area contributed by atoms with Gasteiger partial charge in [0, 0.05) is 44.3 Å². The van der Waals surface area contributed by atoms with E-state index in [2.05, 4.69) is 41.9 Å². The Kier molecular flexibility index (Phi) is 5.61. The fraction of sp³-hybridized carbons (Fsp3) is 0.333. The lowest BCUT2D eigenvalue weighted by atomic mass is 10.1. The van der Waals surface area contributed by atoms with Crippen LogP contribution < -0.4 is 4.90 Å². The molecule has 4 nitrogen and oxygen atoms in total. The molecule has 1 fully saturated rings. The van der Waals surface area contributed by atoms with E-state index in [-0.39, 0.29) is 18.3 Å². The van der Waals surface area contributed by atoms with Crippen molar-refractivity contribution >= 4 is 24.0 Å². The van der Waals surface area contributed by atoms with Gasteiger partial charge in [0.05, 0.1) is 5.56 Å². The molecular formula is C18H22ClN3O. The topological polar surface area (TPSA) is 36.4 Å². The van der Waals surface area contributed by atoms with E-state index < -0.39 is 0 Å². The predicted octanol–water partition coefficient (Wildman–Crippen LogP) is 3.08. The number of anilines is 1. The Morgan fingerprint density at radius 2 is 1.78 bits per heavy atom. The molecule has 1 aromatic heterocycles. The monoisotopic (exact) mass is 331 g/mol. The van der Waals surface area contributed by atoms with Crippen LogP contribution >= 0.6 is 12.4 Å². The van der Waals surface area contributed by atoms with Gasteiger partial charge in [0.1, 0.15) is 0 Å². The van der Waals surface area contributed by atoms with E-state index in [0.29, 0.717) is 5.56 Å². The second-order valence-electron chi connectivity index (χ2n) is 5.74. The molecular weight excluding hydrogens is 310 g/mol. The summed E-state index contributed by atoms with van der Waals surface area (Å²) < 4.78 is 0. The summed E-state index contributed by atoms with van der Waals surface area (Å²) in [7, 11) is 0. The largest absolute Gasteiger partial charge is 0.368 e. The lowest BCUT2D eigenvalue weighted by Crippen LogP contribution is -2.49. The summed E-state index contributed by atoms with van der Waals surface area (Å²) in [4.78, 5) is 20.7. The maximum absolute atomic E-state index is 12.4. The van der Waals surface area contributed by atoms with E-state index in [1.807, 2.05) is 11.0 Å². The summed E-state index contributed by atoms with van der Waals surface area (Å²) >= 11 is 0. The summed E-state index contributed by atoms with van der Waals surface area (Å²) in [6.45, 7) is 7.55. The first-order chi connectivity index (χ1) is 10.7. The van der Waals surface area contributed by atoms with E-state index in [9.17, 15) is 4.79 Å². The second kappa shape index (κ2) is 7.47. The van der Waals surface area contributed by atoms with Gasteiger partial charge in [0.2, 0.25) is 0 Å². The zero-order valence-electron chi connectivity index (χ0n) is 13.5. The Labute approximate surface area is 143 Å². The molecule has 23 heavy (non-hydrogen) atoms. The van der Waals surface area contributed by atoms with Crippen LogP contribution in [0.1, 0.15) is 21.5 Å². The smallest absolute Gasteiger partial charge is 0.255 e. The lowest BCUT2D eigenvalue weighted by molar-refractivity contribution is 0.0746. The summed E-state index contributed by atoms with van der Waals surface area (Å²) in [5.41, 5.74) is 4.59. The van der Waals surface area contributed by atoms with Gasteiger partial charge >= 0.3 is 0 Å². The van der Waals surface area contributed by atoms with Gasteiger partial charge in [-0.15, -0.1) is 12.4 Å². The molecule has 1 aromatic carbocycles. The van der Waals surface area contributed by atoms with Crippen molar-refractivity contribution in [1.82, 2.24) is 9.88 Å². The number of hydrogen-bond acceptors (Lipinski definition) is 3. The number of hydrogen-bond donors (Lipinski definition) is 0. The third kappa shape index (κ3) is 3.64. The minimum atomic E-state index is 0. The van der Waals surface area contributed by atoms with Crippen molar-refractivity contribution in [2.75, 3.05) is 31.1 Å². The number of carbonyl (C=O) groups excluding carboxylic acids is 1. The van der Waals surface area contributed by atoms with Crippen molar-refractivity contribution in [3.63, 3.8) is 0 Å². The molecule has 122 valence electrons. The summed E-state index contributed by atoms with van der Waals surface area (Å²) in [6, 6.07) is 10.0. The minimum absolute atomic E-state index is 0. The van der Waals surface area contributed by atoms with Crippen LogP contribution in [0.25, 0.3) is 0 Å². The third-order valence-electron chi connectivity index (χ3n) is 4.39. The maximum atomic E-state index is 12.4. The first-order valence-electron chi connectivity index (χ1n) is 7.67. The molecule has 0 aliphatic carbocycles. The van der Waals surface area contributed by atoms with Gasteiger partial charge in [-0.2, -0.15) is 0 Å². The van der Waals surface area contributed by atoms with Crippen molar-refractivity contribution in [3.05, 3.63) is 59.4 Å². The van der Waals surface area contributed by atoms with E-state index in [4.69, 9.17) is 0 Å². The number of halogens is 1. The Morgan fingerprint density at radius 1 is 1.04 bits per heavy atom. The molecule has 1 amide bonds. The maximum Gasteiger partial charge on any atom is 0.255 e. The number of carbonyl (C=O) groups is 1. The standard InChI is InChI=1S/C18H21N3O.ClH/c1-14-5-3-7-17(15(14)2)20-9-11-21(12-10-20)18(22)16-6-4-8-19-13-16;/h3-8,13H,9-12H2,1-2H3;1H.